The smallest absolute Gasteiger partial charge is 0.269 e. The molecule has 3 N–H and O–H groups in total. The van der Waals surface area contributed by atoms with Crippen LogP contribution in [0.3, 0.4) is 0 Å². The van der Waals surface area contributed by atoms with E-state index in [1.165, 1.54) is 10.9 Å². The first-order chi connectivity index (χ1) is 11.8. The molecule has 5 nitrogen and oxygen atoms in total. The van der Waals surface area contributed by atoms with E-state index in [0.717, 1.165) is 30.6 Å². The number of amides is 1. The van der Waals surface area contributed by atoms with E-state index in [9.17, 15) is 4.79 Å². The number of hydrogen-bond acceptors (Lipinski definition) is 3. The Bertz CT molecular complexity index is 808. The van der Waals surface area contributed by atoms with Crippen LogP contribution < -0.4 is 10.6 Å². The lowest BCUT2D eigenvalue weighted by Crippen LogP contribution is -2.24. The Hall–Kier alpha value is -2.82. The maximum absolute atomic E-state index is 11.8. The number of fused-ring (bicyclic) bond motifs is 1. The van der Waals surface area contributed by atoms with Gasteiger partial charge in [0.05, 0.1) is 11.9 Å². The molecule has 3 rings (SSSR count). The molecule has 0 saturated heterocycles. The van der Waals surface area contributed by atoms with Crippen LogP contribution in [0, 0.1) is 0 Å². The summed E-state index contributed by atoms with van der Waals surface area (Å²) in [6.45, 7) is 3.50. The molecule has 1 aromatic carbocycles. The molecule has 0 bridgehead atoms. The highest BCUT2D eigenvalue weighted by molar-refractivity contribution is 5.92. The monoisotopic (exact) mass is 322 g/mol. The zero-order valence-electron chi connectivity index (χ0n) is 13.8. The first-order valence-corrected chi connectivity index (χ1v) is 8.31. The van der Waals surface area contributed by atoms with E-state index in [0.29, 0.717) is 12.2 Å². The second-order valence-electron chi connectivity index (χ2n) is 5.72. The fourth-order valence-electron chi connectivity index (χ4n) is 2.64. The van der Waals surface area contributed by atoms with Crippen LogP contribution in [-0.4, -0.2) is 29.0 Å². The highest BCUT2D eigenvalue weighted by Gasteiger charge is 2.06. The number of aromatic amines is 1. The van der Waals surface area contributed by atoms with Gasteiger partial charge in [0.1, 0.15) is 5.69 Å². The molecule has 1 amide bonds. The van der Waals surface area contributed by atoms with Crippen molar-refractivity contribution in [2.24, 2.45) is 0 Å². The number of H-pyrrole nitrogens is 1. The predicted octanol–water partition coefficient (Wildman–Crippen LogP) is 3.36. The van der Waals surface area contributed by atoms with E-state index in [2.05, 4.69) is 45.0 Å². The summed E-state index contributed by atoms with van der Waals surface area (Å²) >= 11 is 0. The van der Waals surface area contributed by atoms with Gasteiger partial charge in [-0.1, -0.05) is 25.1 Å². The third-order valence-electron chi connectivity index (χ3n) is 3.93. The Morgan fingerprint density at radius 3 is 2.83 bits per heavy atom. The largest absolute Gasteiger partial charge is 0.383 e. The number of pyridine rings is 1. The number of aromatic nitrogens is 2. The summed E-state index contributed by atoms with van der Waals surface area (Å²) in [6.07, 6.45) is 5.60. The Balaban J connectivity index is 1.54. The third-order valence-corrected chi connectivity index (χ3v) is 3.93. The summed E-state index contributed by atoms with van der Waals surface area (Å²) in [5, 5.41) is 7.43. The summed E-state index contributed by atoms with van der Waals surface area (Å²) in [5.74, 6) is -0.123. The van der Waals surface area contributed by atoms with Crippen molar-refractivity contribution in [1.82, 2.24) is 15.3 Å². The van der Waals surface area contributed by atoms with Gasteiger partial charge in [-0.3, -0.25) is 4.79 Å². The van der Waals surface area contributed by atoms with Gasteiger partial charge in [-0.25, -0.2) is 4.98 Å². The molecular weight excluding hydrogens is 300 g/mol. The van der Waals surface area contributed by atoms with Crippen LogP contribution in [-0.2, 0) is 6.42 Å². The van der Waals surface area contributed by atoms with Crippen LogP contribution >= 0.6 is 0 Å². The van der Waals surface area contributed by atoms with E-state index in [1.54, 1.807) is 12.3 Å². The minimum atomic E-state index is -0.123. The molecule has 0 aliphatic carbocycles. The van der Waals surface area contributed by atoms with Crippen LogP contribution in [0.5, 0.6) is 0 Å². The second kappa shape index (κ2) is 7.64. The van der Waals surface area contributed by atoms with Crippen molar-refractivity contribution in [2.45, 2.75) is 19.8 Å². The zero-order chi connectivity index (χ0) is 16.8. The van der Waals surface area contributed by atoms with Crippen LogP contribution in [0.1, 0.15) is 29.4 Å². The van der Waals surface area contributed by atoms with Gasteiger partial charge in [0.2, 0.25) is 0 Å². The molecule has 0 fully saturated rings. The van der Waals surface area contributed by atoms with E-state index < -0.39 is 0 Å². The topological polar surface area (TPSA) is 69.8 Å². The van der Waals surface area contributed by atoms with Gasteiger partial charge in [0, 0.05) is 30.2 Å². The summed E-state index contributed by atoms with van der Waals surface area (Å²) < 4.78 is 0. The van der Waals surface area contributed by atoms with Gasteiger partial charge in [-0.15, -0.1) is 0 Å². The molecule has 0 radical (unpaired) electrons. The molecule has 0 aliphatic heterocycles. The zero-order valence-corrected chi connectivity index (χ0v) is 13.8. The molecule has 0 atom stereocenters. The average molecular weight is 322 g/mol. The summed E-state index contributed by atoms with van der Waals surface area (Å²) in [7, 11) is 0. The fraction of sp³-hybridized carbons (Fsp3) is 0.263. The number of benzene rings is 1. The van der Waals surface area contributed by atoms with Crippen molar-refractivity contribution < 1.29 is 4.79 Å². The fourth-order valence-corrected chi connectivity index (χ4v) is 2.64. The quantitative estimate of drug-likeness (QED) is 0.625. The van der Waals surface area contributed by atoms with Crippen LogP contribution in [0.15, 0.2) is 48.8 Å². The van der Waals surface area contributed by atoms with Gasteiger partial charge in [0.25, 0.3) is 5.91 Å². The molecule has 3 aromatic rings. The Kier molecular flexibility index (Phi) is 5.11. The number of carbonyl (C=O) groups excluding carboxylic acids is 1. The van der Waals surface area contributed by atoms with Crippen molar-refractivity contribution in [3.8, 4) is 0 Å². The van der Waals surface area contributed by atoms with Crippen molar-refractivity contribution in [1.29, 1.82) is 0 Å². The van der Waals surface area contributed by atoms with Gasteiger partial charge in [-0.2, -0.15) is 0 Å². The predicted molar refractivity (Wildman–Crippen MR) is 97.4 cm³/mol. The molecule has 0 aliphatic rings. The Morgan fingerprint density at radius 2 is 2.04 bits per heavy atom. The number of rotatable bonds is 7. The summed E-state index contributed by atoms with van der Waals surface area (Å²) in [5.41, 5.74) is 3.82. The molecule has 2 heterocycles. The highest BCUT2D eigenvalue weighted by Crippen LogP contribution is 2.18. The molecular formula is C19H22N4O. The lowest BCUT2D eigenvalue weighted by atomic mass is 10.1. The number of para-hydroxylation sites is 1. The Labute approximate surface area is 141 Å². The summed E-state index contributed by atoms with van der Waals surface area (Å²) in [6, 6.07) is 11.9. The lowest BCUT2D eigenvalue weighted by molar-refractivity contribution is 0.0949. The van der Waals surface area contributed by atoms with E-state index in [4.69, 9.17) is 0 Å². The SMILES string of the molecule is CCCNC(=O)c1ccc(NCCc2c[nH]c3ccccc23)cn1. The maximum Gasteiger partial charge on any atom is 0.269 e. The molecule has 0 saturated carbocycles. The molecule has 0 unspecified atom stereocenters. The number of carbonyl (C=O) groups is 1. The molecule has 0 spiro atoms. The van der Waals surface area contributed by atoms with Crippen LogP contribution in [0.4, 0.5) is 5.69 Å². The van der Waals surface area contributed by atoms with E-state index in [1.807, 2.05) is 19.1 Å². The minimum absolute atomic E-state index is 0.123. The average Bonchev–Trinajstić information content (AvgIpc) is 3.03. The molecule has 2 aromatic heterocycles. The summed E-state index contributed by atoms with van der Waals surface area (Å²) in [4.78, 5) is 19.3. The third kappa shape index (κ3) is 3.74. The van der Waals surface area contributed by atoms with Crippen LogP contribution in [0.2, 0.25) is 0 Å². The number of nitrogens with one attached hydrogen (secondary N) is 3. The van der Waals surface area contributed by atoms with Crippen molar-refractivity contribution in [3.05, 3.63) is 60.0 Å². The van der Waals surface area contributed by atoms with Crippen molar-refractivity contribution in [3.63, 3.8) is 0 Å². The number of anilines is 1. The first kappa shape index (κ1) is 16.1. The molecule has 5 heteroatoms. The second-order valence-corrected chi connectivity index (χ2v) is 5.72. The minimum Gasteiger partial charge on any atom is -0.383 e. The van der Waals surface area contributed by atoms with E-state index in [-0.39, 0.29) is 5.91 Å². The maximum atomic E-state index is 11.8. The number of nitrogens with zero attached hydrogens (tertiary/aromatic N) is 1. The normalized spacial score (nSPS) is 10.7. The van der Waals surface area contributed by atoms with Gasteiger partial charge in [-0.05, 0) is 36.6 Å². The van der Waals surface area contributed by atoms with Crippen molar-refractivity contribution >= 4 is 22.5 Å². The Morgan fingerprint density at radius 1 is 1.17 bits per heavy atom. The van der Waals surface area contributed by atoms with Crippen molar-refractivity contribution in [2.75, 3.05) is 18.4 Å². The van der Waals surface area contributed by atoms with Gasteiger partial charge >= 0.3 is 0 Å². The first-order valence-electron chi connectivity index (χ1n) is 8.31. The van der Waals surface area contributed by atoms with Gasteiger partial charge < -0.3 is 15.6 Å². The molecule has 24 heavy (non-hydrogen) atoms. The number of hydrogen-bond donors (Lipinski definition) is 3. The standard InChI is InChI=1S/C19H22N4O/c1-2-10-21-19(24)18-8-7-15(13-23-18)20-11-9-14-12-22-17-6-4-3-5-16(14)17/h3-8,12-13,20,22H,2,9-11H2,1H3,(H,21,24). The van der Waals surface area contributed by atoms with Crippen LogP contribution in [0.25, 0.3) is 10.9 Å². The van der Waals surface area contributed by atoms with E-state index >= 15 is 0 Å². The lowest BCUT2D eigenvalue weighted by Gasteiger charge is -2.07. The highest BCUT2D eigenvalue weighted by atomic mass is 16.1. The molecule has 124 valence electrons. The van der Waals surface area contributed by atoms with Gasteiger partial charge in [0.15, 0.2) is 0 Å².